The fourth-order valence-corrected chi connectivity index (χ4v) is 7.67. The molecule has 3 aromatic rings. The summed E-state index contributed by atoms with van der Waals surface area (Å²) in [7, 11) is 0. The molecule has 0 spiro atoms. The molecule has 0 atom stereocenters. The smallest absolute Gasteiger partial charge is 0.179 e. The fourth-order valence-electron chi connectivity index (χ4n) is 6.74. The lowest BCUT2D eigenvalue weighted by Gasteiger charge is -2.33. The molecule has 0 bridgehead atoms. The largest absolute Gasteiger partial charge is 0.485 e. The normalized spacial score (nSPS) is 14.9. The Hall–Kier alpha value is -2.26. The summed E-state index contributed by atoms with van der Waals surface area (Å²) in [5, 5.41) is 2.12. The molecule has 0 N–H and O–H groups in total. The lowest BCUT2D eigenvalue weighted by atomic mass is 9.70. The van der Waals surface area contributed by atoms with Crippen LogP contribution in [0.15, 0.2) is 47.8 Å². The maximum atomic E-state index is 6.09. The lowest BCUT2D eigenvalue weighted by molar-refractivity contribution is 0.174. The van der Waals surface area contributed by atoms with Crippen molar-refractivity contribution in [3.05, 3.63) is 59.0 Å². The molecule has 0 radical (unpaired) electrons. The second kappa shape index (κ2) is 13.2. The molecule has 0 amide bonds. The topological polar surface area (TPSA) is 18.5 Å². The van der Waals surface area contributed by atoms with Gasteiger partial charge in [0.2, 0.25) is 0 Å². The number of hydrogen-bond donors (Lipinski definition) is 0. The molecule has 2 aliphatic rings. The van der Waals surface area contributed by atoms with Crippen LogP contribution in [0.3, 0.4) is 0 Å². The van der Waals surface area contributed by atoms with Gasteiger partial charge in [-0.2, -0.15) is 0 Å². The van der Waals surface area contributed by atoms with Gasteiger partial charge in [-0.1, -0.05) is 127 Å². The molecule has 1 aromatic heterocycles. The molecule has 1 aliphatic heterocycles. The summed E-state index contributed by atoms with van der Waals surface area (Å²) in [4.78, 5) is 1.21. The van der Waals surface area contributed by atoms with Crippen LogP contribution in [0.2, 0.25) is 0 Å². The van der Waals surface area contributed by atoms with E-state index in [1.807, 2.05) is 0 Å². The minimum absolute atomic E-state index is 0.117. The summed E-state index contributed by atoms with van der Waals surface area (Å²) < 4.78 is 12.0. The Kier molecular flexibility index (Phi) is 9.49. The Morgan fingerprint density at radius 1 is 0.684 bits per heavy atom. The Labute approximate surface area is 234 Å². The van der Waals surface area contributed by atoms with Gasteiger partial charge in [-0.05, 0) is 46.7 Å². The zero-order chi connectivity index (χ0) is 26.2. The van der Waals surface area contributed by atoms with Gasteiger partial charge < -0.3 is 9.47 Å². The molecule has 0 saturated carbocycles. The van der Waals surface area contributed by atoms with E-state index in [9.17, 15) is 0 Å². The Morgan fingerprint density at radius 3 is 2.05 bits per heavy atom. The summed E-state index contributed by atoms with van der Waals surface area (Å²) >= 11 is 1.76. The predicted molar refractivity (Wildman–Crippen MR) is 163 cm³/mol. The molecule has 204 valence electrons. The first kappa shape index (κ1) is 27.3. The van der Waals surface area contributed by atoms with Gasteiger partial charge in [0.15, 0.2) is 11.5 Å². The van der Waals surface area contributed by atoms with E-state index < -0.39 is 0 Å². The molecular weight excluding hydrogens is 484 g/mol. The van der Waals surface area contributed by atoms with Crippen LogP contribution in [0.5, 0.6) is 11.5 Å². The van der Waals surface area contributed by atoms with Gasteiger partial charge in [-0.3, -0.25) is 0 Å². The highest BCUT2D eigenvalue weighted by Crippen LogP contribution is 2.56. The van der Waals surface area contributed by atoms with E-state index in [-0.39, 0.29) is 5.41 Å². The molecule has 0 unspecified atom stereocenters. The summed E-state index contributed by atoms with van der Waals surface area (Å²) in [5.41, 5.74) is 7.43. The van der Waals surface area contributed by atoms with Crippen LogP contribution in [0, 0.1) is 0 Å². The minimum atomic E-state index is 0.117. The maximum absolute atomic E-state index is 6.09. The lowest BCUT2D eigenvalue weighted by Crippen LogP contribution is -2.25. The van der Waals surface area contributed by atoms with Gasteiger partial charge in [0.05, 0.1) is 4.88 Å². The van der Waals surface area contributed by atoms with Gasteiger partial charge in [0.1, 0.15) is 13.2 Å². The van der Waals surface area contributed by atoms with Crippen LogP contribution >= 0.6 is 11.3 Å². The van der Waals surface area contributed by atoms with Crippen molar-refractivity contribution in [2.75, 3.05) is 13.2 Å². The highest BCUT2D eigenvalue weighted by atomic mass is 32.1. The minimum Gasteiger partial charge on any atom is -0.485 e. The van der Waals surface area contributed by atoms with E-state index in [1.54, 1.807) is 22.5 Å². The molecule has 1 aliphatic carbocycles. The highest BCUT2D eigenvalue weighted by molar-refractivity contribution is 7.14. The van der Waals surface area contributed by atoms with Gasteiger partial charge >= 0.3 is 0 Å². The molecule has 5 rings (SSSR count). The van der Waals surface area contributed by atoms with Crippen LogP contribution in [0.1, 0.15) is 115 Å². The average Bonchev–Trinajstić information content (AvgIpc) is 3.50. The molecular formula is C35H46O2S. The number of hydrogen-bond acceptors (Lipinski definition) is 3. The van der Waals surface area contributed by atoms with Gasteiger partial charge in [-0.25, -0.2) is 0 Å². The highest BCUT2D eigenvalue weighted by Gasteiger charge is 2.42. The quantitative estimate of drug-likeness (QED) is 0.182. The molecule has 2 aromatic carbocycles. The second-order valence-corrected chi connectivity index (χ2v) is 12.3. The molecule has 2 nitrogen and oxygen atoms in total. The van der Waals surface area contributed by atoms with Crippen LogP contribution < -0.4 is 9.47 Å². The summed E-state index contributed by atoms with van der Waals surface area (Å²) in [6.45, 7) is 5.89. The third-order valence-corrected chi connectivity index (χ3v) is 9.73. The van der Waals surface area contributed by atoms with Crippen LogP contribution in [0.25, 0.3) is 21.6 Å². The molecule has 38 heavy (non-hydrogen) atoms. The van der Waals surface area contributed by atoms with Crippen molar-refractivity contribution in [3.63, 3.8) is 0 Å². The van der Waals surface area contributed by atoms with Crippen LogP contribution in [0.4, 0.5) is 0 Å². The summed E-state index contributed by atoms with van der Waals surface area (Å²) in [6.07, 6.45) is 18.7. The Bertz CT molecular complexity index is 1160. The van der Waals surface area contributed by atoms with E-state index in [0.717, 1.165) is 11.5 Å². The first-order valence-corrected chi connectivity index (χ1v) is 16.3. The molecule has 0 fully saturated rings. The van der Waals surface area contributed by atoms with Crippen molar-refractivity contribution in [2.24, 2.45) is 0 Å². The van der Waals surface area contributed by atoms with E-state index >= 15 is 0 Å². The van der Waals surface area contributed by atoms with E-state index in [4.69, 9.17) is 9.47 Å². The van der Waals surface area contributed by atoms with Crippen molar-refractivity contribution >= 4 is 11.3 Å². The monoisotopic (exact) mass is 530 g/mol. The van der Waals surface area contributed by atoms with E-state index in [2.05, 4.69) is 61.7 Å². The van der Waals surface area contributed by atoms with Crippen molar-refractivity contribution in [2.45, 2.75) is 109 Å². The molecule has 3 heteroatoms. The standard InChI is InChI=1S/C35H46O2S/c1-3-5-7-9-11-15-21-35(22-16-12-10-8-6-4-2)30-18-14-13-17-28(30)29-20-19-27(25-31(29)35)34-33-32(26-38-34)36-23-24-37-33/h13-14,17-20,25-26H,3-12,15-16,21-24H2,1-2H3. The molecule has 0 saturated heterocycles. The van der Waals surface area contributed by atoms with Gasteiger partial charge in [0.25, 0.3) is 0 Å². The third-order valence-electron chi connectivity index (χ3n) is 8.75. The second-order valence-electron chi connectivity index (χ2n) is 11.4. The number of thiophene rings is 1. The van der Waals surface area contributed by atoms with E-state index in [1.165, 1.54) is 111 Å². The Morgan fingerprint density at radius 2 is 1.32 bits per heavy atom. The number of fused-ring (bicyclic) bond motifs is 4. The number of benzene rings is 2. The van der Waals surface area contributed by atoms with Crippen molar-refractivity contribution < 1.29 is 9.47 Å². The first-order valence-electron chi connectivity index (χ1n) is 15.4. The zero-order valence-corrected chi connectivity index (χ0v) is 24.5. The SMILES string of the molecule is CCCCCCCCC1(CCCCCCCC)c2ccccc2-c2ccc(-c3scc4c3OCCO4)cc21. The summed E-state index contributed by atoms with van der Waals surface area (Å²) in [6, 6.07) is 16.5. The van der Waals surface area contributed by atoms with Crippen molar-refractivity contribution in [3.8, 4) is 33.1 Å². The van der Waals surface area contributed by atoms with E-state index in [0.29, 0.717) is 13.2 Å². The van der Waals surface area contributed by atoms with Gasteiger partial charge in [0, 0.05) is 10.8 Å². The zero-order valence-electron chi connectivity index (χ0n) is 23.7. The van der Waals surface area contributed by atoms with Crippen LogP contribution in [-0.2, 0) is 5.41 Å². The van der Waals surface area contributed by atoms with Gasteiger partial charge in [-0.15, -0.1) is 11.3 Å². The van der Waals surface area contributed by atoms with Crippen LogP contribution in [-0.4, -0.2) is 13.2 Å². The Balaban J connectivity index is 1.47. The number of rotatable bonds is 15. The number of unbranched alkanes of at least 4 members (excludes halogenated alkanes) is 10. The third kappa shape index (κ3) is 5.69. The van der Waals surface area contributed by atoms with Crippen molar-refractivity contribution in [1.82, 2.24) is 0 Å². The van der Waals surface area contributed by atoms with Crippen molar-refractivity contribution in [1.29, 1.82) is 0 Å². The average molecular weight is 531 g/mol. The maximum Gasteiger partial charge on any atom is 0.179 e. The predicted octanol–water partition coefficient (Wildman–Crippen LogP) is 11.0. The number of ether oxygens (including phenoxy) is 2. The first-order chi connectivity index (χ1) is 18.8. The fraction of sp³-hybridized carbons (Fsp3) is 0.543. The summed E-state index contributed by atoms with van der Waals surface area (Å²) in [5.74, 6) is 1.85. The molecule has 2 heterocycles.